The summed E-state index contributed by atoms with van der Waals surface area (Å²) in [5, 5.41) is 9.08. The van der Waals surface area contributed by atoms with Gasteiger partial charge in [-0.25, -0.2) is 17.5 Å². The number of halogens is 1. The molecule has 0 amide bonds. The lowest BCUT2D eigenvalue weighted by molar-refractivity contribution is 0.281. The molecule has 6 heteroatoms. The third-order valence-electron chi connectivity index (χ3n) is 5.49. The van der Waals surface area contributed by atoms with Crippen LogP contribution in [0.3, 0.4) is 0 Å². The van der Waals surface area contributed by atoms with Gasteiger partial charge in [-0.3, -0.25) is 0 Å². The molecule has 4 rings (SSSR count). The van der Waals surface area contributed by atoms with E-state index in [0.717, 1.165) is 6.07 Å². The molecule has 3 aliphatic carbocycles. The van der Waals surface area contributed by atoms with Crippen LogP contribution in [0.1, 0.15) is 24.8 Å². The lowest BCUT2D eigenvalue weighted by Gasteiger charge is -2.12. The van der Waals surface area contributed by atoms with Crippen LogP contribution < -0.4 is 4.72 Å². The van der Waals surface area contributed by atoms with E-state index >= 15 is 0 Å². The Morgan fingerprint density at radius 2 is 1.90 bits per heavy atom. The summed E-state index contributed by atoms with van der Waals surface area (Å²) in [5.74, 6) is 1.46. The number of hydrogen-bond acceptors (Lipinski definition) is 3. The van der Waals surface area contributed by atoms with E-state index in [1.54, 1.807) is 0 Å². The maximum atomic E-state index is 13.8. The van der Waals surface area contributed by atoms with E-state index in [9.17, 15) is 12.8 Å². The van der Waals surface area contributed by atoms with Crippen LogP contribution in [0.4, 0.5) is 4.39 Å². The molecular formula is C15H18FNO3S. The molecule has 0 aromatic heterocycles. The summed E-state index contributed by atoms with van der Waals surface area (Å²) in [6.07, 6.45) is 3.65. The van der Waals surface area contributed by atoms with Crippen molar-refractivity contribution >= 4 is 10.0 Å². The number of aliphatic hydroxyl groups excluding tert-OH is 1. The second-order valence-corrected chi connectivity index (χ2v) is 8.24. The molecule has 1 aromatic carbocycles. The van der Waals surface area contributed by atoms with Crippen LogP contribution >= 0.6 is 0 Å². The molecule has 4 unspecified atom stereocenters. The Balaban J connectivity index is 1.58. The van der Waals surface area contributed by atoms with E-state index in [2.05, 4.69) is 4.72 Å². The summed E-state index contributed by atoms with van der Waals surface area (Å²) in [4.78, 5) is -0.355. The van der Waals surface area contributed by atoms with Crippen LogP contribution in [0, 0.1) is 29.5 Å². The summed E-state index contributed by atoms with van der Waals surface area (Å²) in [5.41, 5.74) is 0.396. The van der Waals surface area contributed by atoms with Crippen molar-refractivity contribution in [2.75, 3.05) is 0 Å². The molecule has 0 saturated heterocycles. The van der Waals surface area contributed by atoms with Crippen molar-refractivity contribution in [3.63, 3.8) is 0 Å². The second-order valence-electron chi connectivity index (χ2n) is 6.56. The minimum absolute atomic E-state index is 0.0153. The Kier molecular flexibility index (Phi) is 2.93. The molecular weight excluding hydrogens is 293 g/mol. The van der Waals surface area contributed by atoms with Gasteiger partial charge in [-0.2, -0.15) is 0 Å². The van der Waals surface area contributed by atoms with Gasteiger partial charge < -0.3 is 5.11 Å². The first-order valence-corrected chi connectivity index (χ1v) is 8.91. The Bertz CT molecular complexity index is 674. The zero-order chi connectivity index (χ0) is 14.8. The van der Waals surface area contributed by atoms with Gasteiger partial charge in [-0.15, -0.1) is 0 Å². The van der Waals surface area contributed by atoms with Gasteiger partial charge in [0.05, 0.1) is 6.61 Å². The molecule has 0 aliphatic heterocycles. The standard InChI is InChI=1S/C15H18FNO3S/c16-11-4-1-8(7-18)5-12(11)21(19,20)17-15-13-9-2-3-10(6-9)14(13)15/h1,4-5,9-10,13-15,17-18H,2-3,6-7H2. The largest absolute Gasteiger partial charge is 0.392 e. The maximum absolute atomic E-state index is 13.8. The number of rotatable bonds is 4. The third kappa shape index (κ3) is 2.04. The number of benzene rings is 1. The van der Waals surface area contributed by atoms with Crippen LogP contribution in [0.15, 0.2) is 23.1 Å². The first-order chi connectivity index (χ1) is 10.0. The number of nitrogens with one attached hydrogen (secondary N) is 1. The van der Waals surface area contributed by atoms with Crippen LogP contribution in [0.5, 0.6) is 0 Å². The highest BCUT2D eigenvalue weighted by Crippen LogP contribution is 2.65. The number of fused-ring (bicyclic) bond motifs is 5. The topological polar surface area (TPSA) is 66.4 Å². The zero-order valence-electron chi connectivity index (χ0n) is 11.5. The maximum Gasteiger partial charge on any atom is 0.243 e. The molecule has 2 N–H and O–H groups in total. The molecule has 4 atom stereocenters. The van der Waals surface area contributed by atoms with E-state index < -0.39 is 15.8 Å². The van der Waals surface area contributed by atoms with E-state index in [-0.39, 0.29) is 17.5 Å². The molecule has 1 aromatic rings. The van der Waals surface area contributed by atoms with E-state index in [0.29, 0.717) is 29.2 Å². The van der Waals surface area contributed by atoms with Crippen LogP contribution in [-0.2, 0) is 16.6 Å². The van der Waals surface area contributed by atoms with E-state index in [4.69, 9.17) is 5.11 Å². The lowest BCUT2D eigenvalue weighted by Crippen LogP contribution is -2.30. The molecule has 2 bridgehead atoms. The van der Waals surface area contributed by atoms with Gasteiger partial charge in [0.1, 0.15) is 10.7 Å². The first kappa shape index (κ1) is 13.7. The average Bonchev–Trinajstić information content (AvgIpc) is 2.85. The Labute approximate surface area is 123 Å². The van der Waals surface area contributed by atoms with Gasteiger partial charge in [-0.1, -0.05) is 6.07 Å². The lowest BCUT2D eigenvalue weighted by atomic mass is 10.0. The highest BCUT2D eigenvalue weighted by molar-refractivity contribution is 7.89. The van der Waals surface area contributed by atoms with Crippen LogP contribution in [-0.4, -0.2) is 19.6 Å². The number of hydrogen-bond donors (Lipinski definition) is 2. The van der Waals surface area contributed by atoms with Crippen molar-refractivity contribution in [3.8, 4) is 0 Å². The summed E-state index contributed by atoms with van der Waals surface area (Å²) in [6, 6.07) is 3.68. The van der Waals surface area contributed by atoms with Crippen LogP contribution in [0.2, 0.25) is 0 Å². The van der Waals surface area contributed by atoms with Crippen LogP contribution in [0.25, 0.3) is 0 Å². The minimum Gasteiger partial charge on any atom is -0.392 e. The summed E-state index contributed by atoms with van der Waals surface area (Å²) in [7, 11) is -3.86. The minimum atomic E-state index is -3.86. The quantitative estimate of drug-likeness (QED) is 0.888. The van der Waals surface area contributed by atoms with Gasteiger partial charge in [-0.05, 0) is 60.6 Å². The predicted molar refractivity (Wildman–Crippen MR) is 74.2 cm³/mol. The Hall–Kier alpha value is -0.980. The molecule has 3 fully saturated rings. The smallest absolute Gasteiger partial charge is 0.243 e. The van der Waals surface area contributed by atoms with Crippen molar-refractivity contribution in [2.45, 2.75) is 36.8 Å². The summed E-state index contributed by atoms with van der Waals surface area (Å²) in [6.45, 7) is -0.304. The van der Waals surface area contributed by atoms with E-state index in [1.165, 1.54) is 31.4 Å². The summed E-state index contributed by atoms with van der Waals surface area (Å²) >= 11 is 0. The Morgan fingerprint density at radius 3 is 2.52 bits per heavy atom. The fraction of sp³-hybridized carbons (Fsp3) is 0.600. The zero-order valence-corrected chi connectivity index (χ0v) is 12.3. The predicted octanol–water partition coefficient (Wildman–Crippen LogP) is 1.64. The van der Waals surface area contributed by atoms with Crippen molar-refractivity contribution in [1.82, 2.24) is 4.72 Å². The molecule has 3 saturated carbocycles. The molecule has 21 heavy (non-hydrogen) atoms. The molecule has 3 aliphatic rings. The van der Waals surface area contributed by atoms with Gasteiger partial charge in [0.15, 0.2) is 0 Å². The fourth-order valence-electron chi connectivity index (χ4n) is 4.58. The molecule has 0 radical (unpaired) electrons. The van der Waals surface area contributed by atoms with Crippen molar-refractivity contribution in [2.24, 2.45) is 23.7 Å². The highest BCUT2D eigenvalue weighted by Gasteiger charge is 2.65. The molecule has 0 heterocycles. The molecule has 4 nitrogen and oxygen atoms in total. The highest BCUT2D eigenvalue weighted by atomic mass is 32.2. The number of aliphatic hydroxyl groups is 1. The van der Waals surface area contributed by atoms with Crippen molar-refractivity contribution in [1.29, 1.82) is 0 Å². The monoisotopic (exact) mass is 311 g/mol. The second kappa shape index (κ2) is 4.51. The molecule has 114 valence electrons. The first-order valence-electron chi connectivity index (χ1n) is 7.43. The van der Waals surface area contributed by atoms with Gasteiger partial charge in [0.25, 0.3) is 0 Å². The van der Waals surface area contributed by atoms with Crippen molar-refractivity contribution in [3.05, 3.63) is 29.6 Å². The third-order valence-corrected chi connectivity index (χ3v) is 6.97. The Morgan fingerprint density at radius 1 is 1.24 bits per heavy atom. The number of sulfonamides is 1. The molecule has 0 spiro atoms. The summed E-state index contributed by atoms with van der Waals surface area (Å²) < 4.78 is 41.3. The van der Waals surface area contributed by atoms with E-state index in [1.807, 2.05) is 0 Å². The normalized spacial score (nSPS) is 36.8. The SMILES string of the molecule is O=S(=O)(NC1C2C3CCC(C3)C12)c1cc(CO)ccc1F. The fourth-order valence-corrected chi connectivity index (χ4v) is 6.01. The van der Waals surface area contributed by atoms with Gasteiger partial charge in [0.2, 0.25) is 10.0 Å². The average molecular weight is 311 g/mol. The van der Waals surface area contributed by atoms with Gasteiger partial charge >= 0.3 is 0 Å². The van der Waals surface area contributed by atoms with Gasteiger partial charge in [0, 0.05) is 6.04 Å². The van der Waals surface area contributed by atoms with Crippen molar-refractivity contribution < 1.29 is 17.9 Å².